The first-order valence-corrected chi connectivity index (χ1v) is 11.2. The molecule has 29 heavy (non-hydrogen) atoms. The van der Waals surface area contributed by atoms with E-state index in [1.165, 1.54) is 11.4 Å². The van der Waals surface area contributed by atoms with Gasteiger partial charge in [0.05, 0.1) is 13.0 Å². The van der Waals surface area contributed by atoms with E-state index in [0.717, 1.165) is 22.4 Å². The second-order valence-corrected chi connectivity index (χ2v) is 9.63. The summed E-state index contributed by atoms with van der Waals surface area (Å²) < 4.78 is 33.2. The maximum absolute atomic E-state index is 13.2. The second-order valence-electron chi connectivity index (χ2n) is 7.72. The molecule has 1 fully saturated rings. The highest BCUT2D eigenvalue weighted by atomic mass is 32.2. The Morgan fingerprint density at radius 1 is 1.07 bits per heavy atom. The van der Waals surface area contributed by atoms with E-state index in [9.17, 15) is 13.2 Å². The summed E-state index contributed by atoms with van der Waals surface area (Å²) in [6, 6.07) is 11.0. The van der Waals surface area contributed by atoms with Gasteiger partial charge in [0.15, 0.2) is 0 Å². The van der Waals surface area contributed by atoms with Crippen LogP contribution in [0.2, 0.25) is 0 Å². The van der Waals surface area contributed by atoms with Gasteiger partial charge < -0.3 is 10.1 Å². The molecule has 1 N–H and O–H groups in total. The first kappa shape index (κ1) is 21.3. The normalized spacial score (nSPS) is 17.7. The van der Waals surface area contributed by atoms with Crippen molar-refractivity contribution in [3.8, 4) is 5.75 Å². The lowest BCUT2D eigenvalue weighted by Crippen LogP contribution is -2.43. The van der Waals surface area contributed by atoms with Gasteiger partial charge in [-0.2, -0.15) is 4.31 Å². The third kappa shape index (κ3) is 4.79. The highest BCUT2D eigenvalue weighted by Crippen LogP contribution is 2.31. The maximum Gasteiger partial charge on any atom is 0.246 e. The molecule has 2 aromatic carbocycles. The van der Waals surface area contributed by atoms with Gasteiger partial charge >= 0.3 is 0 Å². The number of hydrogen-bond acceptors (Lipinski definition) is 4. The number of anilines is 1. The van der Waals surface area contributed by atoms with Crippen molar-refractivity contribution in [2.75, 3.05) is 25.5 Å². The summed E-state index contributed by atoms with van der Waals surface area (Å²) in [5, 5.41) is 2.95. The van der Waals surface area contributed by atoms with Gasteiger partial charge in [-0.05, 0) is 74.6 Å². The predicted molar refractivity (Wildman–Crippen MR) is 114 cm³/mol. The fourth-order valence-electron chi connectivity index (χ4n) is 3.79. The molecule has 0 bridgehead atoms. The highest BCUT2D eigenvalue weighted by molar-refractivity contribution is 7.89. The SMILES string of the molecule is COc1ccc(C)cc1S(=O)(=O)N1CCCC(C(=O)Nc2cc(C)cc(C)c2)C1. The zero-order chi connectivity index (χ0) is 21.2. The molecule has 0 aromatic heterocycles. The molecular formula is C22H28N2O4S. The number of nitrogens with one attached hydrogen (secondary N) is 1. The molecule has 2 aromatic rings. The molecule has 1 unspecified atom stereocenters. The predicted octanol–water partition coefficient (Wildman–Crippen LogP) is 3.66. The van der Waals surface area contributed by atoms with Crippen LogP contribution in [0.5, 0.6) is 5.75 Å². The minimum atomic E-state index is -3.75. The first-order chi connectivity index (χ1) is 13.7. The topological polar surface area (TPSA) is 75.7 Å². The molecular weight excluding hydrogens is 388 g/mol. The molecule has 1 amide bonds. The molecule has 0 saturated carbocycles. The minimum Gasteiger partial charge on any atom is -0.495 e. The van der Waals surface area contributed by atoms with Gasteiger partial charge in [-0.1, -0.05) is 12.1 Å². The number of nitrogens with zero attached hydrogens (tertiary/aromatic N) is 1. The number of amides is 1. The lowest BCUT2D eigenvalue weighted by Gasteiger charge is -2.31. The van der Waals surface area contributed by atoms with Gasteiger partial charge in [0.25, 0.3) is 0 Å². The van der Waals surface area contributed by atoms with E-state index >= 15 is 0 Å². The van der Waals surface area contributed by atoms with Gasteiger partial charge in [0.2, 0.25) is 15.9 Å². The number of hydrogen-bond donors (Lipinski definition) is 1. The second kappa shape index (κ2) is 8.55. The van der Waals surface area contributed by atoms with Crippen LogP contribution in [-0.2, 0) is 14.8 Å². The molecule has 1 atom stereocenters. The number of piperidine rings is 1. The van der Waals surface area contributed by atoms with Crippen LogP contribution in [0.3, 0.4) is 0 Å². The van der Waals surface area contributed by atoms with Gasteiger partial charge in [0.1, 0.15) is 10.6 Å². The molecule has 156 valence electrons. The summed E-state index contributed by atoms with van der Waals surface area (Å²) in [5.41, 5.74) is 3.72. The summed E-state index contributed by atoms with van der Waals surface area (Å²) in [7, 11) is -2.29. The molecule has 1 saturated heterocycles. The fraction of sp³-hybridized carbons (Fsp3) is 0.409. The molecule has 1 aliphatic heterocycles. The summed E-state index contributed by atoms with van der Waals surface area (Å²) in [6.07, 6.45) is 1.30. The first-order valence-electron chi connectivity index (χ1n) is 9.74. The van der Waals surface area contributed by atoms with Crippen LogP contribution in [0.15, 0.2) is 41.3 Å². The molecule has 3 rings (SSSR count). The Kier molecular flexibility index (Phi) is 6.29. The van der Waals surface area contributed by atoms with E-state index in [-0.39, 0.29) is 17.3 Å². The van der Waals surface area contributed by atoms with Crippen LogP contribution < -0.4 is 10.1 Å². The van der Waals surface area contributed by atoms with Crippen LogP contribution in [0.1, 0.15) is 29.5 Å². The number of sulfonamides is 1. The van der Waals surface area contributed by atoms with Crippen molar-refractivity contribution in [3.05, 3.63) is 53.1 Å². The fourth-order valence-corrected chi connectivity index (χ4v) is 5.55. The van der Waals surface area contributed by atoms with Crippen LogP contribution in [0.4, 0.5) is 5.69 Å². The molecule has 0 aliphatic carbocycles. The lowest BCUT2D eigenvalue weighted by molar-refractivity contribution is -0.120. The van der Waals surface area contributed by atoms with E-state index in [4.69, 9.17) is 4.74 Å². The quantitative estimate of drug-likeness (QED) is 0.807. The van der Waals surface area contributed by atoms with Gasteiger partial charge in [0, 0.05) is 18.8 Å². The summed E-state index contributed by atoms with van der Waals surface area (Å²) >= 11 is 0. The van der Waals surface area contributed by atoms with E-state index < -0.39 is 15.9 Å². The number of carbonyl (C=O) groups is 1. The van der Waals surface area contributed by atoms with Crippen LogP contribution >= 0.6 is 0 Å². The summed E-state index contributed by atoms with van der Waals surface area (Å²) in [4.78, 5) is 13.0. The Morgan fingerprint density at radius 3 is 2.41 bits per heavy atom. The molecule has 6 nitrogen and oxygen atoms in total. The average molecular weight is 417 g/mol. The highest BCUT2D eigenvalue weighted by Gasteiger charge is 2.35. The van der Waals surface area contributed by atoms with E-state index in [2.05, 4.69) is 5.32 Å². The largest absolute Gasteiger partial charge is 0.495 e. The lowest BCUT2D eigenvalue weighted by atomic mass is 9.98. The van der Waals surface area contributed by atoms with Crippen molar-refractivity contribution >= 4 is 21.6 Å². The Balaban J connectivity index is 1.79. The van der Waals surface area contributed by atoms with E-state index in [1.807, 2.05) is 45.0 Å². The van der Waals surface area contributed by atoms with E-state index in [1.54, 1.807) is 12.1 Å². The monoisotopic (exact) mass is 416 g/mol. The minimum absolute atomic E-state index is 0.147. The van der Waals surface area contributed by atoms with Crippen molar-refractivity contribution in [2.24, 2.45) is 5.92 Å². The van der Waals surface area contributed by atoms with Crippen molar-refractivity contribution in [2.45, 2.75) is 38.5 Å². The average Bonchev–Trinajstić information content (AvgIpc) is 2.67. The standard InChI is InChI=1S/C22H28N2O4S/c1-15-7-8-20(28-4)21(13-15)29(26,27)24-9-5-6-18(14-24)22(25)23-19-11-16(2)10-17(3)12-19/h7-8,10-13,18H,5-6,9,14H2,1-4H3,(H,23,25). The maximum atomic E-state index is 13.2. The summed E-state index contributed by atoms with van der Waals surface area (Å²) in [6.45, 7) is 6.36. The number of benzene rings is 2. The zero-order valence-corrected chi connectivity index (χ0v) is 18.2. The number of methoxy groups -OCH3 is 1. The van der Waals surface area contributed by atoms with E-state index in [0.29, 0.717) is 25.1 Å². The molecule has 0 spiro atoms. The Morgan fingerprint density at radius 2 is 1.76 bits per heavy atom. The smallest absolute Gasteiger partial charge is 0.246 e. The van der Waals surface area contributed by atoms with Crippen LogP contribution in [0.25, 0.3) is 0 Å². The molecule has 7 heteroatoms. The van der Waals surface area contributed by atoms with Crippen LogP contribution in [0, 0.1) is 26.7 Å². The number of aryl methyl sites for hydroxylation is 3. The summed E-state index contributed by atoms with van der Waals surface area (Å²) in [5.74, 6) is -0.223. The third-order valence-corrected chi connectivity index (χ3v) is 7.07. The number of carbonyl (C=O) groups excluding carboxylic acids is 1. The molecule has 1 aliphatic rings. The Bertz CT molecular complexity index is 997. The number of rotatable bonds is 5. The Labute approximate surface area is 172 Å². The van der Waals surface area contributed by atoms with Crippen molar-refractivity contribution in [1.29, 1.82) is 0 Å². The zero-order valence-electron chi connectivity index (χ0n) is 17.4. The van der Waals surface area contributed by atoms with Gasteiger partial charge in [-0.3, -0.25) is 4.79 Å². The molecule has 0 radical (unpaired) electrons. The van der Waals surface area contributed by atoms with Crippen molar-refractivity contribution in [1.82, 2.24) is 4.31 Å². The van der Waals surface area contributed by atoms with Gasteiger partial charge in [-0.25, -0.2) is 8.42 Å². The molecule has 1 heterocycles. The Hall–Kier alpha value is -2.38. The van der Waals surface area contributed by atoms with Crippen molar-refractivity contribution in [3.63, 3.8) is 0 Å². The van der Waals surface area contributed by atoms with Gasteiger partial charge in [-0.15, -0.1) is 0 Å². The van der Waals surface area contributed by atoms with Crippen molar-refractivity contribution < 1.29 is 17.9 Å². The number of ether oxygens (including phenoxy) is 1. The van der Waals surface area contributed by atoms with Crippen LogP contribution in [-0.4, -0.2) is 38.8 Å². The third-order valence-electron chi connectivity index (χ3n) is 5.18.